The van der Waals surface area contributed by atoms with Gasteiger partial charge in [0, 0.05) is 7.11 Å². The van der Waals surface area contributed by atoms with Gasteiger partial charge in [0.1, 0.15) is 0 Å². The van der Waals surface area contributed by atoms with Crippen LogP contribution >= 0.6 is 11.3 Å². The number of aliphatic imine (C=N–C) groups is 1. The number of hydrazine groups is 1. The summed E-state index contributed by atoms with van der Waals surface area (Å²) in [5, 5.41) is 0. The van der Waals surface area contributed by atoms with Crippen LogP contribution in [0.1, 0.15) is 10.6 Å². The Morgan fingerprint density at radius 3 is 3.07 bits per heavy atom. The molecule has 5 nitrogen and oxygen atoms in total. The van der Waals surface area contributed by atoms with E-state index in [4.69, 9.17) is 10.6 Å². The van der Waals surface area contributed by atoms with Crippen LogP contribution in [0.2, 0.25) is 0 Å². The fraction of sp³-hybridized carbons (Fsp3) is 0.500. The molecule has 1 aromatic heterocycles. The van der Waals surface area contributed by atoms with Crippen molar-refractivity contribution in [2.24, 2.45) is 10.8 Å². The first kappa shape index (κ1) is 11.1. The molecule has 6 heteroatoms. The molecule has 0 fully saturated rings. The van der Waals surface area contributed by atoms with Gasteiger partial charge in [-0.25, -0.2) is 10.8 Å². The van der Waals surface area contributed by atoms with Gasteiger partial charge in [0.05, 0.1) is 29.2 Å². The van der Waals surface area contributed by atoms with E-state index in [0.717, 1.165) is 10.6 Å². The zero-order chi connectivity index (χ0) is 10.4. The molecule has 1 rings (SSSR count). The molecule has 0 saturated carbocycles. The number of nitrogens with zero attached hydrogens (tertiary/aromatic N) is 2. The predicted octanol–water partition coefficient (Wildman–Crippen LogP) is 0.308. The van der Waals surface area contributed by atoms with E-state index in [1.54, 1.807) is 12.6 Å². The molecule has 0 unspecified atom stereocenters. The largest absolute Gasteiger partial charge is 0.383 e. The third-order valence-corrected chi connectivity index (χ3v) is 2.60. The van der Waals surface area contributed by atoms with Crippen molar-refractivity contribution in [3.05, 3.63) is 16.1 Å². The van der Waals surface area contributed by atoms with Crippen LogP contribution in [0.25, 0.3) is 0 Å². The third kappa shape index (κ3) is 2.76. The zero-order valence-electron chi connectivity index (χ0n) is 8.28. The highest BCUT2D eigenvalue weighted by molar-refractivity contribution is 7.12. The van der Waals surface area contributed by atoms with Gasteiger partial charge in [0.25, 0.3) is 0 Å². The molecule has 14 heavy (non-hydrogen) atoms. The average Bonchev–Trinajstić information content (AvgIpc) is 2.60. The molecule has 78 valence electrons. The van der Waals surface area contributed by atoms with E-state index in [1.807, 2.05) is 6.92 Å². The highest BCUT2D eigenvalue weighted by atomic mass is 32.1. The minimum Gasteiger partial charge on any atom is -0.383 e. The molecule has 1 aromatic rings. The summed E-state index contributed by atoms with van der Waals surface area (Å²) in [6.07, 6.45) is 0. The lowest BCUT2D eigenvalue weighted by Gasteiger charge is -2.03. The van der Waals surface area contributed by atoms with Gasteiger partial charge in [0.2, 0.25) is 0 Å². The number of hydrogen-bond acceptors (Lipinski definition) is 5. The van der Waals surface area contributed by atoms with Crippen molar-refractivity contribution in [2.75, 3.05) is 20.3 Å². The van der Waals surface area contributed by atoms with Gasteiger partial charge >= 0.3 is 0 Å². The van der Waals surface area contributed by atoms with Crippen LogP contribution in [0.4, 0.5) is 0 Å². The van der Waals surface area contributed by atoms with Crippen molar-refractivity contribution in [3.8, 4) is 0 Å². The van der Waals surface area contributed by atoms with E-state index >= 15 is 0 Å². The van der Waals surface area contributed by atoms with E-state index in [-0.39, 0.29) is 0 Å². The average molecular weight is 214 g/mol. The number of hydrogen-bond donors (Lipinski definition) is 2. The fourth-order valence-electron chi connectivity index (χ4n) is 0.961. The van der Waals surface area contributed by atoms with Crippen molar-refractivity contribution in [1.82, 2.24) is 10.4 Å². The number of aromatic nitrogens is 1. The second-order valence-corrected chi connectivity index (χ2v) is 3.49. The molecule has 0 amide bonds. The second kappa shape index (κ2) is 5.69. The first-order valence-corrected chi connectivity index (χ1v) is 5.08. The molecule has 0 saturated heterocycles. The van der Waals surface area contributed by atoms with Crippen LogP contribution in [-0.2, 0) is 4.74 Å². The number of rotatable bonds is 4. The standard InChI is InChI=1S/C8H14N4OS/c1-6-7(14-5-11-6)8(12-9)10-3-4-13-2/h5H,3-4,9H2,1-2H3,(H,10,12). The first-order valence-electron chi connectivity index (χ1n) is 4.20. The molecule has 0 bridgehead atoms. The lowest BCUT2D eigenvalue weighted by atomic mass is 10.4. The van der Waals surface area contributed by atoms with Crippen LogP contribution in [0.3, 0.4) is 0 Å². The molecular formula is C8H14N4OS. The lowest BCUT2D eigenvalue weighted by molar-refractivity contribution is 0.208. The minimum atomic E-state index is 0.586. The number of aryl methyl sites for hydroxylation is 1. The van der Waals surface area contributed by atoms with Gasteiger partial charge in [-0.3, -0.25) is 4.99 Å². The van der Waals surface area contributed by atoms with Gasteiger partial charge in [0.15, 0.2) is 5.84 Å². The van der Waals surface area contributed by atoms with Gasteiger partial charge in [-0.15, -0.1) is 11.3 Å². The molecule has 0 spiro atoms. The smallest absolute Gasteiger partial charge is 0.154 e. The van der Waals surface area contributed by atoms with Crippen molar-refractivity contribution in [3.63, 3.8) is 0 Å². The number of thiazole rings is 1. The van der Waals surface area contributed by atoms with Gasteiger partial charge in [-0.1, -0.05) is 0 Å². The number of methoxy groups -OCH3 is 1. The van der Waals surface area contributed by atoms with Gasteiger partial charge in [-0.05, 0) is 6.92 Å². The minimum absolute atomic E-state index is 0.586. The van der Waals surface area contributed by atoms with E-state index in [9.17, 15) is 0 Å². The fourth-order valence-corrected chi connectivity index (χ4v) is 1.74. The SMILES string of the molecule is COCCN=C(NN)c1scnc1C. The molecule has 3 N–H and O–H groups in total. The van der Waals surface area contributed by atoms with Crippen LogP contribution < -0.4 is 11.3 Å². The Bertz CT molecular complexity index is 310. The molecule has 0 aliphatic heterocycles. The van der Waals surface area contributed by atoms with Gasteiger partial charge < -0.3 is 10.2 Å². The summed E-state index contributed by atoms with van der Waals surface area (Å²) in [5.41, 5.74) is 5.28. The Kier molecular flexibility index (Phi) is 4.51. The highest BCUT2D eigenvalue weighted by Crippen LogP contribution is 2.11. The highest BCUT2D eigenvalue weighted by Gasteiger charge is 2.07. The zero-order valence-corrected chi connectivity index (χ0v) is 9.10. The first-order chi connectivity index (χ1) is 6.79. The number of ether oxygens (including phenoxy) is 1. The van der Waals surface area contributed by atoms with E-state index < -0.39 is 0 Å². The van der Waals surface area contributed by atoms with Crippen LogP contribution in [0.15, 0.2) is 10.5 Å². The maximum atomic E-state index is 5.37. The Hall–Kier alpha value is -0.980. The van der Waals surface area contributed by atoms with Gasteiger partial charge in [-0.2, -0.15) is 0 Å². The van der Waals surface area contributed by atoms with E-state index in [0.29, 0.717) is 19.0 Å². The van der Waals surface area contributed by atoms with Crippen molar-refractivity contribution < 1.29 is 4.74 Å². The maximum Gasteiger partial charge on any atom is 0.154 e. The van der Waals surface area contributed by atoms with Crippen LogP contribution in [0.5, 0.6) is 0 Å². The third-order valence-electron chi connectivity index (χ3n) is 1.66. The van der Waals surface area contributed by atoms with Crippen LogP contribution in [0, 0.1) is 6.92 Å². The summed E-state index contributed by atoms with van der Waals surface area (Å²) >= 11 is 1.52. The molecule has 0 aliphatic rings. The Labute approximate surface area is 87.0 Å². The molecule has 0 aliphatic carbocycles. The maximum absolute atomic E-state index is 5.37. The molecule has 1 heterocycles. The lowest BCUT2D eigenvalue weighted by Crippen LogP contribution is -2.31. The normalized spacial score (nSPS) is 11.8. The number of nitrogens with two attached hydrogens (primary N) is 1. The Morgan fingerprint density at radius 1 is 1.79 bits per heavy atom. The number of amidine groups is 1. The monoisotopic (exact) mass is 214 g/mol. The molecule has 0 aromatic carbocycles. The molecule has 0 atom stereocenters. The summed E-state index contributed by atoms with van der Waals surface area (Å²) in [5.74, 6) is 6.04. The second-order valence-electron chi connectivity index (χ2n) is 2.63. The quantitative estimate of drug-likeness (QED) is 0.249. The summed E-state index contributed by atoms with van der Waals surface area (Å²) in [7, 11) is 1.64. The number of nitrogens with one attached hydrogen (secondary N) is 1. The predicted molar refractivity (Wildman–Crippen MR) is 57.5 cm³/mol. The van der Waals surface area contributed by atoms with Crippen molar-refractivity contribution in [1.29, 1.82) is 0 Å². The molecular weight excluding hydrogens is 200 g/mol. The summed E-state index contributed by atoms with van der Waals surface area (Å²) in [4.78, 5) is 9.36. The summed E-state index contributed by atoms with van der Waals surface area (Å²) in [6, 6.07) is 0. The summed E-state index contributed by atoms with van der Waals surface area (Å²) in [6.45, 7) is 3.10. The summed E-state index contributed by atoms with van der Waals surface area (Å²) < 4.78 is 4.90. The van der Waals surface area contributed by atoms with E-state index in [1.165, 1.54) is 11.3 Å². The topological polar surface area (TPSA) is 72.5 Å². The Balaban J connectivity index is 2.71. The van der Waals surface area contributed by atoms with E-state index in [2.05, 4.69) is 15.4 Å². The van der Waals surface area contributed by atoms with Crippen LogP contribution in [-0.4, -0.2) is 31.1 Å². The Morgan fingerprint density at radius 2 is 2.57 bits per heavy atom. The molecule has 0 radical (unpaired) electrons. The van der Waals surface area contributed by atoms with Crippen molar-refractivity contribution in [2.45, 2.75) is 6.92 Å². The van der Waals surface area contributed by atoms with Crippen molar-refractivity contribution >= 4 is 17.2 Å².